The minimum atomic E-state index is -1.19. The number of ether oxygens (including phenoxy) is 1. The van der Waals surface area contributed by atoms with Crippen molar-refractivity contribution < 1.29 is 24.5 Å². The van der Waals surface area contributed by atoms with Crippen LogP contribution in [0.2, 0.25) is 0 Å². The Morgan fingerprint density at radius 3 is 2.39 bits per heavy atom. The smallest absolute Gasteiger partial charge is 0.322 e. The van der Waals surface area contributed by atoms with Crippen LogP contribution in [-0.2, 0) is 9.59 Å². The predicted molar refractivity (Wildman–Crippen MR) is 127 cm³/mol. The largest absolute Gasteiger partial charge is 0.505 e. The van der Waals surface area contributed by atoms with Gasteiger partial charge in [-0.1, -0.05) is 19.1 Å². The van der Waals surface area contributed by atoms with E-state index in [0.29, 0.717) is 34.7 Å². The molecule has 172 valence electrons. The van der Waals surface area contributed by atoms with Crippen LogP contribution in [0.5, 0.6) is 11.5 Å². The number of carboxylic acids is 1. The first-order chi connectivity index (χ1) is 15.7. The molecule has 2 aromatic rings. The standard InChI is InChI=1S/C25H27N3O5/c1-5-7-21-20-13-17(33-18-11-15(3)10-16(4)12-18)8-9-19(20)24(31)23(28(21)27-6-2)25(32)26-14-22(29)30/h6-13,31H,5,14H2,1-4H3,(H,26,32)(H,29,30)/b21-7+,27-6-. The van der Waals surface area contributed by atoms with Crippen LogP contribution >= 0.6 is 0 Å². The van der Waals surface area contributed by atoms with Crippen molar-refractivity contribution in [1.29, 1.82) is 0 Å². The molecular weight excluding hydrogens is 422 g/mol. The van der Waals surface area contributed by atoms with E-state index in [4.69, 9.17) is 9.84 Å². The normalized spacial score (nSPS) is 14.5. The number of allylic oxidation sites excluding steroid dienone is 1. The molecule has 0 bridgehead atoms. The van der Waals surface area contributed by atoms with E-state index in [1.165, 1.54) is 11.2 Å². The zero-order valence-electron chi connectivity index (χ0n) is 19.0. The molecular formula is C25H27N3O5. The Morgan fingerprint density at radius 2 is 1.79 bits per heavy atom. The van der Waals surface area contributed by atoms with Crippen LogP contribution < -0.4 is 10.1 Å². The number of hydrogen-bond donors (Lipinski definition) is 3. The lowest BCUT2D eigenvalue weighted by Crippen LogP contribution is -2.37. The van der Waals surface area contributed by atoms with Crippen molar-refractivity contribution in [2.75, 3.05) is 6.54 Å². The zero-order valence-corrected chi connectivity index (χ0v) is 19.0. The SMILES string of the molecule is C/C=N\N1C(C(=O)NCC(=O)O)=C(O)c2ccc(Oc3cc(C)cc(C)c3)cc2/C1=C\CC. The first-order valence-corrected chi connectivity index (χ1v) is 10.6. The van der Waals surface area contributed by atoms with Crippen molar-refractivity contribution >= 4 is 29.5 Å². The number of amides is 1. The second-order valence-electron chi connectivity index (χ2n) is 7.59. The van der Waals surface area contributed by atoms with Crippen molar-refractivity contribution in [3.05, 3.63) is 70.4 Å². The van der Waals surface area contributed by atoms with Gasteiger partial charge >= 0.3 is 5.97 Å². The molecule has 0 fully saturated rings. The highest BCUT2D eigenvalue weighted by Gasteiger charge is 2.33. The highest BCUT2D eigenvalue weighted by molar-refractivity contribution is 6.04. The Morgan fingerprint density at radius 1 is 1.09 bits per heavy atom. The van der Waals surface area contributed by atoms with Gasteiger partial charge in [-0.25, -0.2) is 5.01 Å². The summed E-state index contributed by atoms with van der Waals surface area (Å²) in [5, 5.41) is 27.8. The lowest BCUT2D eigenvalue weighted by atomic mass is 9.96. The minimum absolute atomic E-state index is 0.149. The number of rotatable bonds is 7. The van der Waals surface area contributed by atoms with Gasteiger partial charge in [-0.05, 0) is 68.7 Å². The summed E-state index contributed by atoms with van der Waals surface area (Å²) in [5.74, 6) is -0.981. The van der Waals surface area contributed by atoms with E-state index in [9.17, 15) is 14.7 Å². The third-order valence-electron chi connectivity index (χ3n) is 4.86. The van der Waals surface area contributed by atoms with Crippen molar-refractivity contribution in [3.8, 4) is 11.5 Å². The number of fused-ring (bicyclic) bond motifs is 1. The van der Waals surface area contributed by atoms with Crippen LogP contribution in [0.1, 0.15) is 42.5 Å². The maximum Gasteiger partial charge on any atom is 0.322 e. The Kier molecular flexibility index (Phi) is 7.17. The summed E-state index contributed by atoms with van der Waals surface area (Å²) in [4.78, 5) is 23.7. The third kappa shape index (κ3) is 5.23. The van der Waals surface area contributed by atoms with Crippen LogP contribution in [0.15, 0.2) is 53.3 Å². The van der Waals surface area contributed by atoms with Gasteiger partial charge in [0.05, 0.1) is 5.70 Å². The molecule has 3 rings (SSSR count). The first kappa shape index (κ1) is 23.6. The van der Waals surface area contributed by atoms with Gasteiger partial charge in [-0.3, -0.25) is 9.59 Å². The van der Waals surface area contributed by atoms with Crippen LogP contribution in [0.4, 0.5) is 0 Å². The van der Waals surface area contributed by atoms with E-state index < -0.39 is 18.4 Å². The molecule has 0 aromatic heterocycles. The van der Waals surface area contributed by atoms with Gasteiger partial charge in [0.25, 0.3) is 5.91 Å². The molecule has 8 nitrogen and oxygen atoms in total. The number of nitrogens with zero attached hydrogens (tertiary/aromatic N) is 2. The summed E-state index contributed by atoms with van der Waals surface area (Å²) in [5.41, 5.74) is 3.65. The van der Waals surface area contributed by atoms with Gasteiger partial charge in [0.2, 0.25) is 0 Å². The maximum atomic E-state index is 12.8. The molecule has 0 radical (unpaired) electrons. The lowest BCUT2D eigenvalue weighted by Gasteiger charge is -2.31. The number of hydrazone groups is 1. The first-order valence-electron chi connectivity index (χ1n) is 10.6. The van der Waals surface area contributed by atoms with Gasteiger partial charge in [-0.2, -0.15) is 5.10 Å². The Hall–Kier alpha value is -4.07. The monoisotopic (exact) mass is 449 g/mol. The third-order valence-corrected chi connectivity index (χ3v) is 4.86. The number of aliphatic carboxylic acids is 1. The number of aryl methyl sites for hydroxylation is 2. The van der Waals surface area contributed by atoms with E-state index >= 15 is 0 Å². The summed E-state index contributed by atoms with van der Waals surface area (Å²) in [6.07, 6.45) is 4.00. The van der Waals surface area contributed by atoms with Crippen LogP contribution in [0.25, 0.3) is 11.5 Å². The molecule has 2 aromatic carbocycles. The number of carboxylic acid groups (broad SMARTS) is 1. The number of nitrogens with one attached hydrogen (secondary N) is 1. The molecule has 1 aliphatic heterocycles. The van der Waals surface area contributed by atoms with E-state index in [1.54, 1.807) is 25.1 Å². The van der Waals surface area contributed by atoms with E-state index in [0.717, 1.165) is 11.1 Å². The molecule has 3 N–H and O–H groups in total. The Balaban J connectivity index is 2.11. The van der Waals surface area contributed by atoms with Crippen LogP contribution in [-0.4, -0.2) is 39.9 Å². The molecule has 1 aliphatic rings. The van der Waals surface area contributed by atoms with Gasteiger partial charge in [-0.15, -0.1) is 0 Å². The second-order valence-corrected chi connectivity index (χ2v) is 7.59. The van der Waals surface area contributed by atoms with Gasteiger partial charge in [0, 0.05) is 17.3 Å². The fraction of sp³-hybridized carbons (Fsp3) is 0.240. The van der Waals surface area contributed by atoms with Crippen molar-refractivity contribution in [2.45, 2.75) is 34.1 Å². The molecule has 0 atom stereocenters. The van der Waals surface area contributed by atoms with Crippen molar-refractivity contribution in [2.24, 2.45) is 5.10 Å². The summed E-state index contributed by atoms with van der Waals surface area (Å²) in [7, 11) is 0. The number of aliphatic hydroxyl groups excluding tert-OH is 1. The second kappa shape index (κ2) is 10.0. The average Bonchev–Trinajstić information content (AvgIpc) is 2.74. The summed E-state index contributed by atoms with van der Waals surface area (Å²) >= 11 is 0. The molecule has 0 spiro atoms. The molecule has 8 heteroatoms. The number of benzene rings is 2. The molecule has 0 saturated carbocycles. The van der Waals surface area contributed by atoms with Crippen LogP contribution in [0, 0.1) is 13.8 Å². The fourth-order valence-corrected chi connectivity index (χ4v) is 3.66. The lowest BCUT2D eigenvalue weighted by molar-refractivity contribution is -0.137. The molecule has 33 heavy (non-hydrogen) atoms. The summed E-state index contributed by atoms with van der Waals surface area (Å²) in [6.45, 7) is 7.04. The van der Waals surface area contributed by atoms with E-state index in [1.807, 2.05) is 39.0 Å². The minimum Gasteiger partial charge on any atom is -0.505 e. The highest BCUT2D eigenvalue weighted by atomic mass is 16.5. The predicted octanol–water partition coefficient (Wildman–Crippen LogP) is 4.60. The van der Waals surface area contributed by atoms with Gasteiger partial charge in [0.15, 0.2) is 11.5 Å². The molecule has 0 saturated heterocycles. The van der Waals surface area contributed by atoms with Crippen LogP contribution in [0.3, 0.4) is 0 Å². The van der Waals surface area contributed by atoms with Gasteiger partial charge < -0.3 is 20.3 Å². The average molecular weight is 450 g/mol. The highest BCUT2D eigenvalue weighted by Crippen LogP contribution is 2.40. The zero-order chi connectivity index (χ0) is 24.1. The van der Waals surface area contributed by atoms with E-state index in [-0.39, 0.29) is 11.5 Å². The Labute approximate surface area is 192 Å². The van der Waals surface area contributed by atoms with E-state index in [2.05, 4.69) is 16.5 Å². The van der Waals surface area contributed by atoms with Gasteiger partial charge in [0.1, 0.15) is 18.0 Å². The number of carbonyl (C=O) groups excluding carboxylic acids is 1. The van der Waals surface area contributed by atoms with Crippen molar-refractivity contribution in [1.82, 2.24) is 10.3 Å². The summed E-state index contributed by atoms with van der Waals surface area (Å²) < 4.78 is 6.08. The number of carbonyl (C=O) groups is 2. The molecule has 0 unspecified atom stereocenters. The number of hydrogen-bond acceptors (Lipinski definition) is 6. The Bertz CT molecular complexity index is 1160. The molecule has 0 aliphatic carbocycles. The summed E-state index contributed by atoms with van der Waals surface area (Å²) in [6, 6.07) is 11.1. The topological polar surface area (TPSA) is 111 Å². The quantitative estimate of drug-likeness (QED) is 0.533. The molecule has 1 amide bonds. The fourth-order valence-electron chi connectivity index (χ4n) is 3.66. The van der Waals surface area contributed by atoms with Crippen molar-refractivity contribution in [3.63, 3.8) is 0 Å². The maximum absolute atomic E-state index is 12.8. The number of aliphatic hydroxyl groups is 1. The molecule has 1 heterocycles.